The molecule has 10 nitrogen and oxygen atoms in total. The second kappa shape index (κ2) is 13.7. The molecule has 1 aliphatic heterocycles. The number of benzene rings is 2. The number of fused-ring (bicyclic) bond motifs is 1. The van der Waals surface area contributed by atoms with Crippen molar-refractivity contribution in [3.8, 4) is 22.6 Å². The molecule has 2 N–H and O–H groups in total. The van der Waals surface area contributed by atoms with Crippen LogP contribution in [0, 0.1) is 0 Å². The summed E-state index contributed by atoms with van der Waals surface area (Å²) in [4.78, 5) is 25.9. The van der Waals surface area contributed by atoms with Crippen LogP contribution in [0.4, 0.5) is 11.6 Å². The molecule has 0 saturated carbocycles. The number of nitrogens with zero attached hydrogens (tertiary/aromatic N) is 5. The van der Waals surface area contributed by atoms with E-state index in [0.717, 1.165) is 37.4 Å². The fraction of sp³-hybridized carbons (Fsp3) is 0.281. The Hall–Kier alpha value is -4.09. The van der Waals surface area contributed by atoms with Crippen LogP contribution in [0.25, 0.3) is 22.2 Å². The summed E-state index contributed by atoms with van der Waals surface area (Å²) in [5.74, 6) is 1.09. The van der Waals surface area contributed by atoms with Crippen LogP contribution in [0.5, 0.6) is 11.5 Å². The predicted octanol–water partition coefficient (Wildman–Crippen LogP) is 5.71. The molecule has 44 heavy (non-hydrogen) atoms. The van der Waals surface area contributed by atoms with E-state index in [2.05, 4.69) is 45.8 Å². The number of piperazine rings is 1. The molecule has 12 heteroatoms. The van der Waals surface area contributed by atoms with Gasteiger partial charge in [-0.1, -0.05) is 48.5 Å². The maximum atomic E-state index is 14.3. The highest BCUT2D eigenvalue weighted by atomic mass is 35.5. The number of hydrogen-bond donors (Lipinski definition) is 2. The molecule has 0 radical (unpaired) electrons. The zero-order valence-electron chi connectivity index (χ0n) is 25.0. The SMILES string of the molecule is C=CC(=C)Nc1ccc(CCn2c(=O)c(-c3c(Cl)c(OC)cc(OC)c3Cl)cc3cnc(NN4CCN(C)CC4)nc32)cc1. The lowest BCUT2D eigenvalue weighted by atomic mass is 10.0. The van der Waals surface area contributed by atoms with Crippen molar-refractivity contribution in [2.45, 2.75) is 13.0 Å². The number of anilines is 2. The third kappa shape index (κ3) is 6.68. The van der Waals surface area contributed by atoms with Gasteiger partial charge in [0.1, 0.15) is 17.1 Å². The molecule has 3 heterocycles. The molecule has 0 bridgehead atoms. The Bertz CT molecular complexity index is 1720. The molecule has 2 aromatic heterocycles. The number of aryl methyl sites for hydroxylation is 2. The average Bonchev–Trinajstić information content (AvgIpc) is 3.03. The first-order valence-electron chi connectivity index (χ1n) is 14.1. The summed E-state index contributed by atoms with van der Waals surface area (Å²) in [6.45, 7) is 11.5. The van der Waals surface area contributed by atoms with Crippen molar-refractivity contribution in [1.82, 2.24) is 24.4 Å². The highest BCUT2D eigenvalue weighted by molar-refractivity contribution is 6.41. The van der Waals surface area contributed by atoms with E-state index in [1.807, 2.05) is 24.3 Å². The molecule has 4 aromatic rings. The van der Waals surface area contributed by atoms with Crippen LogP contribution in [0.15, 0.2) is 72.3 Å². The van der Waals surface area contributed by atoms with E-state index in [4.69, 9.17) is 37.7 Å². The molecule has 2 aromatic carbocycles. The number of likely N-dealkylation sites (N-methyl/N-ethyl adjacent to an activating group) is 1. The van der Waals surface area contributed by atoms with Crippen molar-refractivity contribution in [3.63, 3.8) is 0 Å². The Labute approximate surface area is 266 Å². The van der Waals surface area contributed by atoms with Crippen LogP contribution in [-0.4, -0.2) is 71.9 Å². The highest BCUT2D eigenvalue weighted by Crippen LogP contribution is 2.45. The Morgan fingerprint density at radius 1 is 1.05 bits per heavy atom. The zero-order valence-corrected chi connectivity index (χ0v) is 26.5. The topological polar surface area (TPSA) is 96.8 Å². The third-order valence-corrected chi connectivity index (χ3v) is 8.31. The summed E-state index contributed by atoms with van der Waals surface area (Å²) in [7, 11) is 5.08. The van der Waals surface area contributed by atoms with Crippen LogP contribution >= 0.6 is 23.2 Å². The molecule has 1 aliphatic rings. The molecular weight excluding hydrogens is 601 g/mol. The minimum absolute atomic E-state index is 0.208. The molecule has 1 saturated heterocycles. The predicted molar refractivity (Wildman–Crippen MR) is 178 cm³/mol. The van der Waals surface area contributed by atoms with E-state index in [0.29, 0.717) is 52.7 Å². The molecule has 0 unspecified atom stereocenters. The lowest BCUT2D eigenvalue weighted by Gasteiger charge is -2.32. The summed E-state index contributed by atoms with van der Waals surface area (Å²) >= 11 is 13.5. The maximum absolute atomic E-state index is 14.3. The van der Waals surface area contributed by atoms with E-state index in [1.165, 1.54) is 14.2 Å². The van der Waals surface area contributed by atoms with Crippen LogP contribution in [0.1, 0.15) is 5.56 Å². The van der Waals surface area contributed by atoms with Gasteiger partial charge in [0.2, 0.25) is 5.95 Å². The highest BCUT2D eigenvalue weighted by Gasteiger charge is 2.24. The fourth-order valence-electron chi connectivity index (χ4n) is 5.01. The zero-order chi connectivity index (χ0) is 31.4. The van der Waals surface area contributed by atoms with Gasteiger partial charge in [0.25, 0.3) is 5.56 Å². The normalized spacial score (nSPS) is 13.9. The molecule has 1 fully saturated rings. The van der Waals surface area contributed by atoms with Gasteiger partial charge < -0.3 is 19.7 Å². The van der Waals surface area contributed by atoms with Gasteiger partial charge in [0.15, 0.2) is 0 Å². The molecule has 0 atom stereocenters. The van der Waals surface area contributed by atoms with Crippen LogP contribution in [0.3, 0.4) is 0 Å². The van der Waals surface area contributed by atoms with Crippen molar-refractivity contribution in [2.75, 3.05) is 58.2 Å². The number of ether oxygens (including phenoxy) is 2. The first-order valence-corrected chi connectivity index (χ1v) is 14.9. The quantitative estimate of drug-likeness (QED) is 0.201. The second-order valence-corrected chi connectivity index (χ2v) is 11.2. The Kier molecular flexibility index (Phi) is 9.75. The van der Waals surface area contributed by atoms with E-state index >= 15 is 0 Å². The molecule has 0 aliphatic carbocycles. The van der Waals surface area contributed by atoms with Crippen LogP contribution < -0.4 is 25.8 Å². The van der Waals surface area contributed by atoms with Crippen molar-refractivity contribution < 1.29 is 9.47 Å². The molecule has 230 valence electrons. The van der Waals surface area contributed by atoms with E-state index in [-0.39, 0.29) is 21.2 Å². The molecule has 0 spiro atoms. The summed E-state index contributed by atoms with van der Waals surface area (Å²) < 4.78 is 12.6. The largest absolute Gasteiger partial charge is 0.495 e. The van der Waals surface area contributed by atoms with Gasteiger partial charge in [-0.3, -0.25) is 14.8 Å². The van der Waals surface area contributed by atoms with Crippen LogP contribution in [0.2, 0.25) is 10.0 Å². The van der Waals surface area contributed by atoms with E-state index in [1.54, 1.807) is 29.0 Å². The van der Waals surface area contributed by atoms with Gasteiger partial charge in [-0.15, -0.1) is 0 Å². The number of methoxy groups -OCH3 is 2. The summed E-state index contributed by atoms with van der Waals surface area (Å²) in [5, 5.41) is 6.33. The smallest absolute Gasteiger partial charge is 0.260 e. The first-order chi connectivity index (χ1) is 21.2. The summed E-state index contributed by atoms with van der Waals surface area (Å²) in [6, 6.07) is 11.2. The minimum Gasteiger partial charge on any atom is -0.495 e. The lowest BCUT2D eigenvalue weighted by molar-refractivity contribution is 0.178. The fourth-order valence-corrected chi connectivity index (χ4v) is 5.72. The Morgan fingerprint density at radius 3 is 2.32 bits per heavy atom. The third-order valence-electron chi connectivity index (χ3n) is 7.56. The standard InChI is InChI=1S/C32H35Cl2N7O3/c1-6-20(2)36-23-9-7-21(8-10-23)11-12-41-30-22(19-35-32(37-30)38-40-15-13-39(3)14-16-40)17-24(31(41)42)27-28(33)25(43-4)18-26(44-5)29(27)34/h6-10,17-19,36H,1-2,11-16H2,3-5H3,(H,35,37,38). The molecular formula is C32H35Cl2N7O3. The number of rotatable bonds is 11. The molecule has 0 amide bonds. The van der Waals surface area contributed by atoms with Gasteiger partial charge in [-0.25, -0.2) is 9.99 Å². The van der Waals surface area contributed by atoms with Gasteiger partial charge in [-0.2, -0.15) is 4.98 Å². The summed E-state index contributed by atoms with van der Waals surface area (Å²) in [5.41, 5.74) is 6.75. The van der Waals surface area contributed by atoms with Gasteiger partial charge in [0, 0.05) is 67.3 Å². The first kappa shape index (κ1) is 31.3. The van der Waals surface area contributed by atoms with Gasteiger partial charge in [0.05, 0.1) is 29.8 Å². The number of pyridine rings is 1. The van der Waals surface area contributed by atoms with Gasteiger partial charge in [-0.05, 0) is 43.3 Å². The Morgan fingerprint density at radius 2 is 1.70 bits per heavy atom. The number of halogens is 2. The number of hydrogen-bond acceptors (Lipinski definition) is 9. The van der Waals surface area contributed by atoms with Crippen molar-refractivity contribution in [2.24, 2.45) is 0 Å². The van der Waals surface area contributed by atoms with Crippen LogP contribution in [-0.2, 0) is 13.0 Å². The van der Waals surface area contributed by atoms with E-state index < -0.39 is 0 Å². The Balaban J connectivity index is 1.58. The van der Waals surface area contributed by atoms with Crippen molar-refractivity contribution in [1.29, 1.82) is 0 Å². The summed E-state index contributed by atoms with van der Waals surface area (Å²) in [6.07, 6.45) is 3.92. The van der Waals surface area contributed by atoms with Crippen molar-refractivity contribution >= 4 is 45.9 Å². The monoisotopic (exact) mass is 635 g/mol. The number of aromatic nitrogens is 3. The number of hydrazine groups is 1. The van der Waals surface area contributed by atoms with E-state index in [9.17, 15) is 4.79 Å². The maximum Gasteiger partial charge on any atom is 0.260 e. The number of allylic oxidation sites excluding steroid dienone is 1. The van der Waals surface area contributed by atoms with Gasteiger partial charge >= 0.3 is 0 Å². The second-order valence-electron chi connectivity index (χ2n) is 10.5. The average molecular weight is 637 g/mol. The lowest BCUT2D eigenvalue weighted by Crippen LogP contribution is -2.47. The minimum atomic E-state index is -0.304. The molecule has 5 rings (SSSR count). The van der Waals surface area contributed by atoms with Crippen molar-refractivity contribution in [3.05, 3.63) is 93.5 Å². The number of nitrogens with one attached hydrogen (secondary N) is 2.